The van der Waals surface area contributed by atoms with E-state index in [-0.39, 0.29) is 17.5 Å². The number of nitrogens with zero attached hydrogens (tertiary/aromatic N) is 1. The number of fused-ring (bicyclic) bond motifs is 1. The maximum absolute atomic E-state index is 12.1. The second-order valence-corrected chi connectivity index (χ2v) is 6.39. The summed E-state index contributed by atoms with van der Waals surface area (Å²) in [6.07, 6.45) is 2.80. The topological polar surface area (TPSA) is 108 Å². The molecule has 1 N–H and O–H groups in total. The number of benzene rings is 2. The van der Waals surface area contributed by atoms with E-state index in [2.05, 4.69) is 5.32 Å². The molecule has 0 saturated carbocycles. The van der Waals surface area contributed by atoms with E-state index in [1.807, 2.05) is 24.3 Å². The van der Waals surface area contributed by atoms with E-state index in [9.17, 15) is 19.7 Å². The summed E-state index contributed by atoms with van der Waals surface area (Å²) in [5.74, 6) is -1.22. The predicted octanol–water partition coefficient (Wildman–Crippen LogP) is 2.71. The van der Waals surface area contributed by atoms with Gasteiger partial charge in [-0.2, -0.15) is 0 Å². The largest absolute Gasteiger partial charge is 0.475 e. The summed E-state index contributed by atoms with van der Waals surface area (Å²) in [7, 11) is 0. The number of para-hydroxylation sites is 2. The number of ether oxygens (including phenoxy) is 2. The Kier molecular flexibility index (Phi) is 6.21. The molecule has 8 nitrogen and oxygen atoms in total. The van der Waals surface area contributed by atoms with Crippen molar-refractivity contribution in [2.24, 2.45) is 0 Å². The van der Waals surface area contributed by atoms with Crippen molar-refractivity contribution in [2.75, 3.05) is 13.2 Å². The normalized spacial score (nSPS) is 15.2. The van der Waals surface area contributed by atoms with Crippen molar-refractivity contribution in [3.05, 3.63) is 69.8 Å². The number of carbonyl (C=O) groups is 2. The van der Waals surface area contributed by atoms with Gasteiger partial charge >= 0.3 is 11.7 Å². The van der Waals surface area contributed by atoms with E-state index < -0.39 is 30.0 Å². The number of carbonyl (C=O) groups excluding carboxylic acids is 2. The molecule has 146 valence electrons. The van der Waals surface area contributed by atoms with Crippen LogP contribution in [0.3, 0.4) is 0 Å². The van der Waals surface area contributed by atoms with Crippen LogP contribution in [0.1, 0.15) is 30.0 Å². The number of nitrogens with one attached hydrogen (secondary N) is 1. The predicted molar refractivity (Wildman–Crippen MR) is 99.8 cm³/mol. The average Bonchev–Trinajstić information content (AvgIpc) is 2.71. The van der Waals surface area contributed by atoms with Crippen LogP contribution in [0.4, 0.5) is 5.69 Å². The number of nitro groups is 1. The number of hydrogen-bond acceptors (Lipinski definition) is 6. The first-order valence-electron chi connectivity index (χ1n) is 8.93. The average molecular weight is 384 g/mol. The second-order valence-electron chi connectivity index (χ2n) is 6.39. The molecule has 1 amide bonds. The van der Waals surface area contributed by atoms with Crippen LogP contribution in [0.5, 0.6) is 5.75 Å². The minimum atomic E-state index is -0.780. The molecular weight excluding hydrogens is 364 g/mol. The highest BCUT2D eigenvalue weighted by molar-refractivity contribution is 5.81. The Bertz CT molecular complexity index is 883. The molecule has 0 saturated heterocycles. The van der Waals surface area contributed by atoms with Crippen molar-refractivity contribution in [2.45, 2.75) is 25.3 Å². The van der Waals surface area contributed by atoms with Gasteiger partial charge in [-0.05, 0) is 36.5 Å². The summed E-state index contributed by atoms with van der Waals surface area (Å²) in [4.78, 5) is 34.2. The molecule has 28 heavy (non-hydrogen) atoms. The maximum Gasteiger partial charge on any atom is 0.344 e. The fraction of sp³-hybridized carbons (Fsp3) is 0.300. The number of esters is 1. The molecule has 0 fully saturated rings. The van der Waals surface area contributed by atoms with Crippen molar-refractivity contribution < 1.29 is 24.0 Å². The number of nitro benzene ring substituents is 1. The molecule has 1 atom stereocenters. The SMILES string of the molecule is O=C(COC(=O)COc1ccccc1[N+](=O)[O-])N[C@H]1CCCc2ccccc21. The molecule has 2 aromatic rings. The third kappa shape index (κ3) is 4.85. The Balaban J connectivity index is 1.47. The molecular formula is C20H20N2O6. The van der Waals surface area contributed by atoms with E-state index in [4.69, 9.17) is 9.47 Å². The first-order valence-corrected chi connectivity index (χ1v) is 8.93. The monoisotopic (exact) mass is 384 g/mol. The number of rotatable bonds is 7. The van der Waals surface area contributed by atoms with Crippen LogP contribution >= 0.6 is 0 Å². The smallest absolute Gasteiger partial charge is 0.344 e. The van der Waals surface area contributed by atoms with Crippen molar-refractivity contribution in [1.29, 1.82) is 0 Å². The van der Waals surface area contributed by atoms with E-state index in [0.29, 0.717) is 0 Å². The zero-order chi connectivity index (χ0) is 19.9. The molecule has 0 bridgehead atoms. The van der Waals surface area contributed by atoms with Gasteiger partial charge in [0, 0.05) is 6.07 Å². The van der Waals surface area contributed by atoms with Crippen molar-refractivity contribution in [3.8, 4) is 5.75 Å². The summed E-state index contributed by atoms with van der Waals surface area (Å²) >= 11 is 0. The fourth-order valence-corrected chi connectivity index (χ4v) is 3.19. The van der Waals surface area contributed by atoms with Crippen molar-refractivity contribution in [3.63, 3.8) is 0 Å². The maximum atomic E-state index is 12.1. The lowest BCUT2D eigenvalue weighted by atomic mass is 9.88. The summed E-state index contributed by atoms with van der Waals surface area (Å²) in [5, 5.41) is 13.8. The molecule has 2 aromatic carbocycles. The van der Waals surface area contributed by atoms with Gasteiger partial charge in [-0.3, -0.25) is 14.9 Å². The van der Waals surface area contributed by atoms with Gasteiger partial charge in [0.2, 0.25) is 0 Å². The van der Waals surface area contributed by atoms with Crippen LogP contribution < -0.4 is 10.1 Å². The van der Waals surface area contributed by atoms with Gasteiger partial charge in [0.05, 0.1) is 11.0 Å². The van der Waals surface area contributed by atoms with Gasteiger partial charge < -0.3 is 14.8 Å². The highest BCUT2D eigenvalue weighted by atomic mass is 16.6. The van der Waals surface area contributed by atoms with Gasteiger partial charge in [0.15, 0.2) is 19.0 Å². The van der Waals surface area contributed by atoms with Gasteiger partial charge in [0.1, 0.15) is 0 Å². The zero-order valence-corrected chi connectivity index (χ0v) is 15.1. The molecule has 0 aliphatic heterocycles. The first kappa shape index (κ1) is 19.3. The Morgan fingerprint density at radius 1 is 1.11 bits per heavy atom. The number of aryl methyl sites for hydroxylation is 1. The van der Waals surface area contributed by atoms with Gasteiger partial charge in [0.25, 0.3) is 5.91 Å². The molecule has 1 aliphatic rings. The van der Waals surface area contributed by atoms with Crippen LogP contribution in [0.2, 0.25) is 0 Å². The van der Waals surface area contributed by atoms with Crippen LogP contribution in [-0.4, -0.2) is 30.0 Å². The third-order valence-corrected chi connectivity index (χ3v) is 4.48. The highest BCUT2D eigenvalue weighted by Gasteiger charge is 2.22. The standard InChI is InChI=1S/C20H20N2O6/c23-19(21-16-9-5-7-14-6-1-2-8-15(14)16)12-28-20(24)13-27-18-11-4-3-10-17(18)22(25)26/h1-4,6,8,10-11,16H,5,7,9,12-13H2,(H,21,23)/t16-/m0/s1. The Hall–Kier alpha value is -3.42. The highest BCUT2D eigenvalue weighted by Crippen LogP contribution is 2.29. The van der Waals surface area contributed by atoms with Crippen LogP contribution in [0, 0.1) is 10.1 Å². The third-order valence-electron chi connectivity index (χ3n) is 4.48. The molecule has 0 spiro atoms. The molecule has 0 aromatic heterocycles. The van der Waals surface area contributed by atoms with Crippen LogP contribution in [0.15, 0.2) is 48.5 Å². The lowest BCUT2D eigenvalue weighted by Crippen LogP contribution is -2.34. The molecule has 1 aliphatic carbocycles. The zero-order valence-electron chi connectivity index (χ0n) is 15.1. The summed E-state index contributed by atoms with van der Waals surface area (Å²) in [5.41, 5.74) is 2.06. The van der Waals surface area contributed by atoms with E-state index in [0.717, 1.165) is 24.8 Å². The molecule has 0 heterocycles. The minimum absolute atomic E-state index is 0.0345. The quantitative estimate of drug-likeness (QED) is 0.447. The molecule has 0 radical (unpaired) electrons. The first-order chi connectivity index (χ1) is 13.5. The van der Waals surface area contributed by atoms with Gasteiger partial charge in [-0.1, -0.05) is 36.4 Å². The Morgan fingerprint density at radius 2 is 1.86 bits per heavy atom. The Labute approximate surface area is 161 Å². The molecule has 0 unspecified atom stereocenters. The molecule has 8 heteroatoms. The van der Waals surface area contributed by atoms with Crippen LogP contribution in [-0.2, 0) is 20.7 Å². The summed E-state index contributed by atoms with van der Waals surface area (Å²) < 4.78 is 10.1. The van der Waals surface area contributed by atoms with E-state index in [1.54, 1.807) is 6.07 Å². The van der Waals surface area contributed by atoms with Gasteiger partial charge in [-0.15, -0.1) is 0 Å². The van der Waals surface area contributed by atoms with E-state index >= 15 is 0 Å². The summed E-state index contributed by atoms with van der Waals surface area (Å²) in [6, 6.07) is 13.6. The lowest BCUT2D eigenvalue weighted by molar-refractivity contribution is -0.385. The van der Waals surface area contributed by atoms with Crippen molar-refractivity contribution >= 4 is 17.6 Å². The summed E-state index contributed by atoms with van der Waals surface area (Å²) in [6.45, 7) is -0.956. The van der Waals surface area contributed by atoms with E-state index in [1.165, 1.54) is 23.8 Å². The van der Waals surface area contributed by atoms with Crippen LogP contribution in [0.25, 0.3) is 0 Å². The molecule has 3 rings (SSSR count). The van der Waals surface area contributed by atoms with Gasteiger partial charge in [-0.25, -0.2) is 4.79 Å². The van der Waals surface area contributed by atoms with Crippen molar-refractivity contribution in [1.82, 2.24) is 5.32 Å². The number of amides is 1. The second kappa shape index (κ2) is 8.98. The Morgan fingerprint density at radius 3 is 2.68 bits per heavy atom. The lowest BCUT2D eigenvalue weighted by Gasteiger charge is -2.26. The minimum Gasteiger partial charge on any atom is -0.475 e. The number of hydrogen-bond donors (Lipinski definition) is 1. The fourth-order valence-electron chi connectivity index (χ4n) is 3.19.